The second-order valence-corrected chi connectivity index (χ2v) is 6.39. The fraction of sp³-hybridized carbons (Fsp3) is 0.200. The Balaban J connectivity index is 2.28. The lowest BCUT2D eigenvalue weighted by molar-refractivity contribution is -0.139. The van der Waals surface area contributed by atoms with Gasteiger partial charge in [-0.15, -0.1) is 0 Å². The summed E-state index contributed by atoms with van der Waals surface area (Å²) in [6, 6.07) is 9.61. The van der Waals surface area contributed by atoms with Gasteiger partial charge in [-0.25, -0.2) is 9.78 Å². The third-order valence-corrected chi connectivity index (χ3v) is 4.37. The minimum atomic E-state index is -1.18. The second-order valence-electron chi connectivity index (χ2n) is 6.39. The maximum atomic E-state index is 12.5. The maximum absolute atomic E-state index is 12.5. The largest absolute Gasteiger partial charge is 0.479 e. The highest BCUT2D eigenvalue weighted by Gasteiger charge is 2.27. The van der Waals surface area contributed by atoms with Crippen molar-refractivity contribution in [2.24, 2.45) is 5.73 Å². The van der Waals surface area contributed by atoms with Gasteiger partial charge in [0.15, 0.2) is 6.61 Å². The van der Waals surface area contributed by atoms with E-state index in [1.807, 2.05) is 30.3 Å². The van der Waals surface area contributed by atoms with Crippen LogP contribution >= 0.6 is 0 Å². The quantitative estimate of drug-likeness (QED) is 0.474. The van der Waals surface area contributed by atoms with Gasteiger partial charge in [0.2, 0.25) is 5.88 Å². The van der Waals surface area contributed by atoms with Gasteiger partial charge in [0.25, 0.3) is 11.7 Å². The molecule has 0 fully saturated rings. The van der Waals surface area contributed by atoms with Crippen LogP contribution in [0.3, 0.4) is 0 Å². The smallest absolute Gasteiger partial charge is 0.341 e. The zero-order valence-corrected chi connectivity index (χ0v) is 15.4. The summed E-state index contributed by atoms with van der Waals surface area (Å²) in [6.07, 6.45) is 2.20. The highest BCUT2D eigenvalue weighted by molar-refractivity contribution is 6.44. The molecule has 8 nitrogen and oxygen atoms in total. The molecule has 3 N–H and O–H groups in total. The first-order valence-corrected chi connectivity index (χ1v) is 8.53. The molecule has 0 saturated heterocycles. The number of aryl methyl sites for hydroxylation is 1. The number of aromatic nitrogens is 2. The van der Waals surface area contributed by atoms with Crippen molar-refractivity contribution in [1.29, 1.82) is 0 Å². The summed E-state index contributed by atoms with van der Waals surface area (Å²) in [7, 11) is 0. The van der Waals surface area contributed by atoms with Crippen molar-refractivity contribution >= 4 is 23.2 Å². The first-order valence-electron chi connectivity index (χ1n) is 8.53. The number of carbonyl (C=O) groups excluding carboxylic acids is 2. The van der Waals surface area contributed by atoms with Crippen LogP contribution < -0.4 is 10.5 Å². The summed E-state index contributed by atoms with van der Waals surface area (Å²) in [5.74, 6) is -3.20. The summed E-state index contributed by atoms with van der Waals surface area (Å²) in [5, 5.41) is 8.94. The number of Topliss-reactive ketones (excluding diaryl/α,β-unsaturated/α-hetero) is 1. The van der Waals surface area contributed by atoms with E-state index in [0.717, 1.165) is 11.3 Å². The Hall–Kier alpha value is -3.68. The average Bonchev–Trinajstić information content (AvgIpc) is 2.91. The number of hydrogen-bond donors (Lipinski definition) is 2. The van der Waals surface area contributed by atoms with E-state index in [1.54, 1.807) is 24.4 Å². The number of hydrogen-bond acceptors (Lipinski definition) is 5. The van der Waals surface area contributed by atoms with Crippen molar-refractivity contribution in [2.45, 2.75) is 20.3 Å². The predicted molar refractivity (Wildman–Crippen MR) is 101 cm³/mol. The molecule has 2 heterocycles. The molecule has 3 aromatic rings. The van der Waals surface area contributed by atoms with Gasteiger partial charge < -0.3 is 20.0 Å². The summed E-state index contributed by atoms with van der Waals surface area (Å²) in [4.78, 5) is 39.3. The van der Waals surface area contributed by atoms with Gasteiger partial charge in [0.05, 0.1) is 11.3 Å². The first-order chi connectivity index (χ1) is 13.3. The number of nitrogens with zero attached hydrogens (tertiary/aromatic N) is 2. The molecular formula is C20H19N3O5. The van der Waals surface area contributed by atoms with E-state index in [4.69, 9.17) is 15.6 Å². The number of amides is 1. The lowest BCUT2D eigenvalue weighted by Gasteiger charge is -2.09. The van der Waals surface area contributed by atoms with E-state index < -0.39 is 24.3 Å². The van der Waals surface area contributed by atoms with E-state index in [0.29, 0.717) is 17.7 Å². The molecule has 0 atom stereocenters. The Bertz CT molecular complexity index is 1090. The maximum Gasteiger partial charge on any atom is 0.341 e. The van der Waals surface area contributed by atoms with Crippen LogP contribution in [0.25, 0.3) is 5.52 Å². The molecule has 0 aliphatic heterocycles. The fourth-order valence-corrected chi connectivity index (χ4v) is 3.18. The monoisotopic (exact) mass is 381 g/mol. The Morgan fingerprint density at radius 1 is 1.18 bits per heavy atom. The van der Waals surface area contributed by atoms with Gasteiger partial charge in [0.1, 0.15) is 5.52 Å². The standard InChI is InChI=1S/C20H19N3O5/c1-11-9-23-14(8-13-6-4-3-5-7-13)12(2)16(18(26)19(21)27)17(23)20(22-11)28-10-15(24)25/h3-7,9H,8,10H2,1-2H3,(H2,21,27)(H,24,25). The fourth-order valence-electron chi connectivity index (χ4n) is 3.18. The van der Waals surface area contributed by atoms with Crippen LogP contribution in [0.4, 0.5) is 0 Å². The van der Waals surface area contributed by atoms with Gasteiger partial charge in [-0.1, -0.05) is 30.3 Å². The van der Waals surface area contributed by atoms with Crippen molar-refractivity contribution in [3.8, 4) is 5.88 Å². The summed E-state index contributed by atoms with van der Waals surface area (Å²) in [6.45, 7) is 2.82. The van der Waals surface area contributed by atoms with Crippen molar-refractivity contribution in [3.63, 3.8) is 0 Å². The molecule has 8 heteroatoms. The van der Waals surface area contributed by atoms with Crippen LogP contribution in [0.5, 0.6) is 5.88 Å². The molecule has 0 spiro atoms. The molecule has 0 saturated carbocycles. The normalized spacial score (nSPS) is 10.8. The van der Waals surface area contributed by atoms with Crippen LogP contribution in [-0.4, -0.2) is 38.8 Å². The van der Waals surface area contributed by atoms with E-state index in [1.165, 1.54) is 0 Å². The topological polar surface area (TPSA) is 124 Å². The summed E-state index contributed by atoms with van der Waals surface area (Å²) < 4.78 is 7.04. The number of nitrogens with two attached hydrogens (primary N) is 1. The number of benzene rings is 1. The number of primary amides is 1. The average molecular weight is 381 g/mol. The van der Waals surface area contributed by atoms with Crippen LogP contribution in [-0.2, 0) is 16.0 Å². The van der Waals surface area contributed by atoms with Gasteiger partial charge in [-0.3, -0.25) is 9.59 Å². The van der Waals surface area contributed by atoms with Crippen molar-refractivity contribution in [1.82, 2.24) is 9.38 Å². The highest BCUT2D eigenvalue weighted by atomic mass is 16.5. The number of aliphatic carboxylic acids is 1. The molecule has 0 aliphatic rings. The number of carboxylic acids is 1. The van der Waals surface area contributed by atoms with Crippen LogP contribution in [0, 0.1) is 13.8 Å². The molecule has 144 valence electrons. The first kappa shape index (κ1) is 19.1. The zero-order chi connectivity index (χ0) is 20.4. The Morgan fingerprint density at radius 2 is 1.86 bits per heavy atom. The number of ether oxygens (including phenoxy) is 1. The number of fused-ring (bicyclic) bond motifs is 1. The second kappa shape index (κ2) is 7.51. The molecular weight excluding hydrogens is 362 g/mol. The van der Waals surface area contributed by atoms with E-state index in [-0.39, 0.29) is 17.0 Å². The Morgan fingerprint density at radius 3 is 2.46 bits per heavy atom. The number of carbonyl (C=O) groups is 3. The third-order valence-electron chi connectivity index (χ3n) is 4.37. The van der Waals surface area contributed by atoms with Crippen LogP contribution in [0.15, 0.2) is 36.5 Å². The lowest BCUT2D eigenvalue weighted by Crippen LogP contribution is -2.24. The highest BCUT2D eigenvalue weighted by Crippen LogP contribution is 2.31. The van der Waals surface area contributed by atoms with E-state index in [2.05, 4.69) is 4.98 Å². The molecule has 3 rings (SSSR count). The van der Waals surface area contributed by atoms with Crippen LogP contribution in [0.1, 0.15) is 32.9 Å². The summed E-state index contributed by atoms with van der Waals surface area (Å²) >= 11 is 0. The molecule has 1 amide bonds. The number of ketones is 1. The van der Waals surface area contributed by atoms with Gasteiger partial charge in [-0.05, 0) is 25.0 Å². The molecule has 2 aromatic heterocycles. The summed E-state index contributed by atoms with van der Waals surface area (Å²) in [5.41, 5.74) is 8.45. The number of rotatable bonds is 7. The van der Waals surface area contributed by atoms with Crippen molar-refractivity contribution in [3.05, 3.63) is 64.6 Å². The van der Waals surface area contributed by atoms with E-state index in [9.17, 15) is 14.4 Å². The minimum absolute atomic E-state index is 0.0330. The minimum Gasteiger partial charge on any atom is -0.479 e. The van der Waals surface area contributed by atoms with Gasteiger partial charge >= 0.3 is 5.97 Å². The SMILES string of the molecule is Cc1cn2c(Cc3ccccc3)c(C)c(C(=O)C(N)=O)c2c(OCC(=O)O)n1. The zero-order valence-electron chi connectivity index (χ0n) is 15.4. The van der Waals surface area contributed by atoms with Gasteiger partial charge in [0, 0.05) is 18.3 Å². The Labute approximate surface area is 160 Å². The van der Waals surface area contributed by atoms with Crippen LogP contribution in [0.2, 0.25) is 0 Å². The molecule has 0 radical (unpaired) electrons. The number of carboxylic acid groups (broad SMARTS) is 1. The molecule has 0 unspecified atom stereocenters. The lowest BCUT2D eigenvalue weighted by atomic mass is 10.0. The molecule has 1 aromatic carbocycles. The third kappa shape index (κ3) is 3.57. The molecule has 0 aliphatic carbocycles. The molecule has 0 bridgehead atoms. The van der Waals surface area contributed by atoms with Gasteiger partial charge in [-0.2, -0.15) is 0 Å². The molecule has 28 heavy (non-hydrogen) atoms. The van der Waals surface area contributed by atoms with Crippen molar-refractivity contribution in [2.75, 3.05) is 6.61 Å². The predicted octanol–water partition coefficient (Wildman–Crippen LogP) is 1.67. The van der Waals surface area contributed by atoms with Crippen molar-refractivity contribution < 1.29 is 24.2 Å². The van der Waals surface area contributed by atoms with E-state index >= 15 is 0 Å². The Kier molecular flexibility index (Phi) is 5.12.